The van der Waals surface area contributed by atoms with E-state index in [1.54, 1.807) is 24.3 Å². The molecule has 0 fully saturated rings. The minimum absolute atomic E-state index is 0.191. The molecule has 0 saturated carbocycles. The zero-order valence-electron chi connectivity index (χ0n) is 11.8. The Labute approximate surface area is 150 Å². The number of H-pyrrole nitrogens is 1. The first-order valence-electron chi connectivity index (χ1n) is 6.68. The summed E-state index contributed by atoms with van der Waals surface area (Å²) in [7, 11) is 0. The Morgan fingerprint density at radius 2 is 1.83 bits per heavy atom. The van der Waals surface area contributed by atoms with Gasteiger partial charge >= 0.3 is 0 Å². The van der Waals surface area contributed by atoms with Gasteiger partial charge in [-0.25, -0.2) is 4.68 Å². The van der Waals surface area contributed by atoms with Gasteiger partial charge in [-0.1, -0.05) is 51.8 Å². The third-order valence-electron chi connectivity index (χ3n) is 3.35. The molecule has 2 aromatic carbocycles. The van der Waals surface area contributed by atoms with E-state index in [0.29, 0.717) is 26.2 Å². The number of hydrogen-bond acceptors (Lipinski definition) is 1. The predicted octanol–water partition coefficient (Wildman–Crippen LogP) is 3.47. The number of aromatic amines is 1. The summed E-state index contributed by atoms with van der Waals surface area (Å²) in [5, 5.41) is 4.97. The van der Waals surface area contributed by atoms with Crippen molar-refractivity contribution in [1.82, 2.24) is 9.78 Å². The standard InChI is InChI=1S/C17H11BrCl2N2O/c1-10-15(8-11-2-5-13(19)9-16(11)20)17(23)22(21-10)14-6-3-12(18)4-7-14/h2-9,21H,1H2/b15-8-. The van der Waals surface area contributed by atoms with Gasteiger partial charge in [0.15, 0.2) is 0 Å². The van der Waals surface area contributed by atoms with Gasteiger partial charge in [0.2, 0.25) is 0 Å². The first-order valence-corrected chi connectivity index (χ1v) is 8.23. The van der Waals surface area contributed by atoms with Crippen LogP contribution in [-0.2, 0) is 0 Å². The number of halogens is 3. The second-order valence-corrected chi connectivity index (χ2v) is 6.69. The Kier molecular flexibility index (Phi) is 4.48. The van der Waals surface area contributed by atoms with Crippen LogP contribution in [-0.4, -0.2) is 9.78 Å². The SMILES string of the molecule is C=c1[nH]n(-c2ccc(Br)cc2)c(=O)/c1=C\c1ccc(Cl)cc1Cl. The minimum Gasteiger partial charge on any atom is -0.291 e. The van der Waals surface area contributed by atoms with Crippen molar-refractivity contribution in [3.63, 3.8) is 0 Å². The molecule has 0 bridgehead atoms. The lowest BCUT2D eigenvalue weighted by atomic mass is 10.2. The van der Waals surface area contributed by atoms with E-state index in [2.05, 4.69) is 27.6 Å². The van der Waals surface area contributed by atoms with Gasteiger partial charge < -0.3 is 0 Å². The van der Waals surface area contributed by atoms with E-state index in [4.69, 9.17) is 23.2 Å². The van der Waals surface area contributed by atoms with Gasteiger partial charge in [-0.3, -0.25) is 9.89 Å². The third kappa shape index (κ3) is 3.29. The molecule has 0 radical (unpaired) electrons. The highest BCUT2D eigenvalue weighted by atomic mass is 79.9. The lowest BCUT2D eigenvalue weighted by molar-refractivity contribution is 0.838. The van der Waals surface area contributed by atoms with Crippen LogP contribution in [0.15, 0.2) is 51.7 Å². The van der Waals surface area contributed by atoms with Gasteiger partial charge in [0.25, 0.3) is 5.56 Å². The van der Waals surface area contributed by atoms with Crippen LogP contribution in [0.1, 0.15) is 5.56 Å². The number of nitrogens with zero attached hydrogens (tertiary/aromatic N) is 1. The maximum atomic E-state index is 12.6. The predicted molar refractivity (Wildman–Crippen MR) is 98.9 cm³/mol. The largest absolute Gasteiger partial charge is 0.291 e. The van der Waals surface area contributed by atoms with E-state index >= 15 is 0 Å². The Bertz CT molecular complexity index is 1040. The van der Waals surface area contributed by atoms with Crippen molar-refractivity contribution in [3.05, 3.63) is 83.5 Å². The highest BCUT2D eigenvalue weighted by Gasteiger charge is 2.06. The second-order valence-electron chi connectivity index (χ2n) is 4.93. The van der Waals surface area contributed by atoms with Gasteiger partial charge in [-0.05, 0) is 48.0 Å². The molecule has 0 atom stereocenters. The number of nitrogens with one attached hydrogen (secondary N) is 1. The summed E-state index contributed by atoms with van der Waals surface area (Å²) in [6.45, 7) is 3.90. The van der Waals surface area contributed by atoms with E-state index in [1.165, 1.54) is 4.68 Å². The number of rotatable bonds is 2. The van der Waals surface area contributed by atoms with Crippen molar-refractivity contribution in [2.45, 2.75) is 0 Å². The van der Waals surface area contributed by atoms with Crippen LogP contribution in [0.2, 0.25) is 10.0 Å². The summed E-state index contributed by atoms with van der Waals surface area (Å²) in [6, 6.07) is 12.5. The van der Waals surface area contributed by atoms with Crippen LogP contribution in [0, 0.1) is 0 Å². The molecule has 3 rings (SSSR count). The number of benzene rings is 2. The third-order valence-corrected chi connectivity index (χ3v) is 4.44. The molecule has 0 aliphatic carbocycles. The van der Waals surface area contributed by atoms with Crippen molar-refractivity contribution in [1.29, 1.82) is 0 Å². The van der Waals surface area contributed by atoms with Crippen LogP contribution < -0.4 is 16.1 Å². The minimum atomic E-state index is -0.191. The molecule has 0 spiro atoms. The van der Waals surface area contributed by atoms with Gasteiger partial charge in [0.1, 0.15) is 0 Å². The van der Waals surface area contributed by atoms with Gasteiger partial charge in [-0.15, -0.1) is 0 Å². The van der Waals surface area contributed by atoms with Crippen molar-refractivity contribution >= 4 is 51.8 Å². The molecule has 1 heterocycles. The quantitative estimate of drug-likeness (QED) is 0.691. The summed E-state index contributed by atoms with van der Waals surface area (Å²) in [4.78, 5) is 12.6. The molecule has 1 N–H and O–H groups in total. The second kappa shape index (κ2) is 6.40. The molecule has 1 aromatic heterocycles. The lowest BCUT2D eigenvalue weighted by Gasteiger charge is -2.00. The molecule has 6 heteroatoms. The lowest BCUT2D eigenvalue weighted by Crippen LogP contribution is -2.34. The monoisotopic (exact) mass is 408 g/mol. The van der Waals surface area contributed by atoms with Gasteiger partial charge in [-0.2, -0.15) is 0 Å². The zero-order valence-corrected chi connectivity index (χ0v) is 14.9. The highest BCUT2D eigenvalue weighted by Crippen LogP contribution is 2.21. The molecule has 3 aromatic rings. The Morgan fingerprint density at radius 3 is 2.48 bits per heavy atom. The Morgan fingerprint density at radius 1 is 1.13 bits per heavy atom. The summed E-state index contributed by atoms with van der Waals surface area (Å²) >= 11 is 15.4. The van der Waals surface area contributed by atoms with E-state index in [1.807, 2.05) is 24.3 Å². The normalized spacial score (nSPS) is 11.9. The van der Waals surface area contributed by atoms with Crippen LogP contribution in [0.4, 0.5) is 0 Å². The van der Waals surface area contributed by atoms with Crippen molar-refractivity contribution in [2.75, 3.05) is 0 Å². The van der Waals surface area contributed by atoms with Crippen LogP contribution >= 0.6 is 39.1 Å². The van der Waals surface area contributed by atoms with Crippen LogP contribution in [0.5, 0.6) is 0 Å². The molecule has 0 unspecified atom stereocenters. The summed E-state index contributed by atoms with van der Waals surface area (Å²) in [5.74, 6) is 0. The van der Waals surface area contributed by atoms with E-state index in [9.17, 15) is 4.79 Å². The topological polar surface area (TPSA) is 37.8 Å². The van der Waals surface area contributed by atoms with E-state index < -0.39 is 0 Å². The molecule has 116 valence electrons. The van der Waals surface area contributed by atoms with Gasteiger partial charge in [0.05, 0.1) is 16.3 Å². The molecular weight excluding hydrogens is 399 g/mol. The smallest absolute Gasteiger partial charge is 0.279 e. The number of hydrogen-bond donors (Lipinski definition) is 1. The molecule has 23 heavy (non-hydrogen) atoms. The van der Waals surface area contributed by atoms with E-state index in [-0.39, 0.29) is 5.56 Å². The number of aromatic nitrogens is 2. The first kappa shape index (κ1) is 16.1. The zero-order chi connectivity index (χ0) is 16.6. The molecular formula is C17H11BrCl2N2O. The average molecular weight is 410 g/mol. The van der Waals surface area contributed by atoms with Crippen LogP contribution in [0.25, 0.3) is 18.3 Å². The fraction of sp³-hybridized carbons (Fsp3) is 0. The fourth-order valence-electron chi connectivity index (χ4n) is 2.19. The molecule has 0 aliphatic heterocycles. The summed E-state index contributed by atoms with van der Waals surface area (Å²) in [5.41, 5.74) is 1.24. The summed E-state index contributed by atoms with van der Waals surface area (Å²) < 4.78 is 2.39. The maximum absolute atomic E-state index is 12.6. The molecule has 0 amide bonds. The molecule has 0 aliphatic rings. The Hall–Kier alpha value is -1.75. The fourth-order valence-corrected chi connectivity index (χ4v) is 2.92. The summed E-state index contributed by atoms with van der Waals surface area (Å²) in [6.07, 6.45) is 1.70. The highest BCUT2D eigenvalue weighted by molar-refractivity contribution is 9.10. The van der Waals surface area contributed by atoms with Crippen molar-refractivity contribution in [3.8, 4) is 5.69 Å². The maximum Gasteiger partial charge on any atom is 0.279 e. The van der Waals surface area contributed by atoms with Crippen LogP contribution in [0.3, 0.4) is 0 Å². The van der Waals surface area contributed by atoms with Crippen molar-refractivity contribution in [2.24, 2.45) is 0 Å². The van der Waals surface area contributed by atoms with Gasteiger partial charge in [0, 0.05) is 14.5 Å². The van der Waals surface area contributed by atoms with Crippen molar-refractivity contribution < 1.29 is 0 Å². The molecule has 3 nitrogen and oxygen atoms in total. The Balaban J connectivity index is 2.18. The van der Waals surface area contributed by atoms with E-state index in [0.717, 1.165) is 10.2 Å². The first-order chi connectivity index (χ1) is 11.0. The molecule has 0 saturated heterocycles. The average Bonchev–Trinajstić information content (AvgIpc) is 2.78.